The van der Waals surface area contributed by atoms with Crippen LogP contribution in [0.2, 0.25) is 0 Å². The lowest BCUT2D eigenvalue weighted by molar-refractivity contribution is -0.122. The number of carbonyl (C=O) groups is 2. The lowest BCUT2D eigenvalue weighted by Gasteiger charge is -2.35. The molecule has 3 N–H and O–H groups in total. The van der Waals surface area contributed by atoms with E-state index in [2.05, 4.69) is 62.2 Å². The molecule has 1 aromatic carbocycles. The molecular weight excluding hydrogens is 578 g/mol. The lowest BCUT2D eigenvalue weighted by atomic mass is 9.98. The summed E-state index contributed by atoms with van der Waals surface area (Å²) >= 11 is 0. The van der Waals surface area contributed by atoms with Crippen LogP contribution in [0.1, 0.15) is 72.9 Å². The van der Waals surface area contributed by atoms with Crippen molar-refractivity contribution in [1.82, 2.24) is 30.1 Å². The number of benzene rings is 1. The number of piperazine rings is 1. The first-order valence-electron chi connectivity index (χ1n) is 16.3. The van der Waals surface area contributed by atoms with Gasteiger partial charge < -0.3 is 25.1 Å². The van der Waals surface area contributed by atoms with Gasteiger partial charge in [0.1, 0.15) is 5.82 Å². The number of rotatable bonds is 10. The fraction of sp³-hybridized carbons (Fsp3) is 0.444. The molecule has 0 aliphatic carbocycles. The number of H-pyrrole nitrogens is 1. The Kier molecular flexibility index (Phi) is 9.96. The number of aromatic amines is 1. The Morgan fingerprint density at radius 3 is 2.35 bits per heavy atom. The Labute approximate surface area is 271 Å². The maximum atomic E-state index is 13.8. The van der Waals surface area contributed by atoms with Crippen molar-refractivity contribution in [3.8, 4) is 11.1 Å². The van der Waals surface area contributed by atoms with E-state index in [0.29, 0.717) is 17.7 Å². The monoisotopic (exact) mass is 625 g/mol. The van der Waals surface area contributed by atoms with Crippen LogP contribution in [0.5, 0.6) is 0 Å². The van der Waals surface area contributed by atoms with Crippen molar-refractivity contribution in [3.63, 3.8) is 0 Å². The Morgan fingerprint density at radius 1 is 0.978 bits per heavy atom. The highest BCUT2D eigenvalue weighted by molar-refractivity contribution is 6.09. The van der Waals surface area contributed by atoms with Gasteiger partial charge in [-0.2, -0.15) is 0 Å². The number of carbonyl (C=O) groups excluding carboxylic acids is 2. The predicted molar refractivity (Wildman–Crippen MR) is 185 cm³/mol. The number of hydrogen-bond acceptors (Lipinski definition) is 6. The fourth-order valence-electron chi connectivity index (χ4n) is 6.31. The summed E-state index contributed by atoms with van der Waals surface area (Å²) < 4.78 is 2.25. The summed E-state index contributed by atoms with van der Waals surface area (Å²) in [6.45, 7) is 17.8. The van der Waals surface area contributed by atoms with Crippen molar-refractivity contribution in [2.45, 2.75) is 73.5 Å². The number of anilines is 1. The third kappa shape index (κ3) is 7.17. The number of fused-ring (bicyclic) bond motifs is 1. The summed E-state index contributed by atoms with van der Waals surface area (Å²) in [5, 5.41) is 6.91. The molecular formula is C36H47N7O3. The van der Waals surface area contributed by atoms with Crippen molar-refractivity contribution in [1.29, 1.82) is 0 Å². The summed E-state index contributed by atoms with van der Waals surface area (Å²) in [4.78, 5) is 50.7. The molecule has 1 fully saturated rings. The van der Waals surface area contributed by atoms with Crippen LogP contribution in [-0.4, -0.2) is 70.0 Å². The van der Waals surface area contributed by atoms with Crippen LogP contribution in [0.15, 0.2) is 47.5 Å². The second-order valence-electron chi connectivity index (χ2n) is 12.9. The Bertz CT molecular complexity index is 1780. The van der Waals surface area contributed by atoms with E-state index in [0.717, 1.165) is 77.3 Å². The molecule has 46 heavy (non-hydrogen) atoms. The molecule has 244 valence electrons. The third-order valence-corrected chi connectivity index (χ3v) is 8.95. The van der Waals surface area contributed by atoms with Gasteiger partial charge in [-0.25, -0.2) is 4.98 Å². The van der Waals surface area contributed by atoms with Crippen molar-refractivity contribution < 1.29 is 9.59 Å². The first kappa shape index (κ1) is 32.9. The summed E-state index contributed by atoms with van der Waals surface area (Å²) in [7, 11) is 0. The highest BCUT2D eigenvalue weighted by Crippen LogP contribution is 2.34. The van der Waals surface area contributed by atoms with Crippen LogP contribution < -0.4 is 21.1 Å². The number of nitrogens with zero attached hydrogens (tertiary/aromatic N) is 4. The first-order chi connectivity index (χ1) is 21.9. The number of pyridine rings is 2. The van der Waals surface area contributed by atoms with Crippen molar-refractivity contribution in [2.75, 3.05) is 37.6 Å². The zero-order valence-corrected chi connectivity index (χ0v) is 28.2. The quantitative estimate of drug-likeness (QED) is 0.232. The molecule has 1 atom stereocenters. The molecule has 0 spiro atoms. The molecule has 2 amide bonds. The predicted octanol–water partition coefficient (Wildman–Crippen LogP) is 4.86. The van der Waals surface area contributed by atoms with Gasteiger partial charge in [-0.3, -0.25) is 19.3 Å². The van der Waals surface area contributed by atoms with Crippen molar-refractivity contribution >= 4 is 28.5 Å². The minimum absolute atomic E-state index is 0.0598. The van der Waals surface area contributed by atoms with Gasteiger partial charge >= 0.3 is 0 Å². The van der Waals surface area contributed by atoms with E-state index >= 15 is 0 Å². The van der Waals surface area contributed by atoms with E-state index in [-0.39, 0.29) is 36.0 Å². The number of hydrogen-bond donors (Lipinski definition) is 3. The Balaban J connectivity index is 1.40. The van der Waals surface area contributed by atoms with Gasteiger partial charge in [-0.05, 0) is 95.0 Å². The van der Waals surface area contributed by atoms with E-state index in [1.165, 1.54) is 0 Å². The molecule has 4 heterocycles. The van der Waals surface area contributed by atoms with Gasteiger partial charge in [0.2, 0.25) is 5.91 Å². The fourth-order valence-corrected chi connectivity index (χ4v) is 6.31. The Hall–Kier alpha value is -4.44. The second-order valence-corrected chi connectivity index (χ2v) is 12.9. The van der Waals surface area contributed by atoms with E-state index in [9.17, 15) is 14.4 Å². The largest absolute Gasteiger partial charge is 0.354 e. The molecule has 0 bridgehead atoms. The van der Waals surface area contributed by atoms with Gasteiger partial charge in [0, 0.05) is 90.5 Å². The van der Waals surface area contributed by atoms with Crippen LogP contribution in [0.3, 0.4) is 0 Å². The molecule has 3 aromatic heterocycles. The highest BCUT2D eigenvalue weighted by atomic mass is 16.2. The van der Waals surface area contributed by atoms with Crippen LogP contribution >= 0.6 is 0 Å². The number of aryl methyl sites for hydroxylation is 3. The zero-order valence-electron chi connectivity index (χ0n) is 28.2. The molecule has 0 unspecified atom stereocenters. The van der Waals surface area contributed by atoms with Crippen LogP contribution in [0.25, 0.3) is 22.0 Å². The van der Waals surface area contributed by atoms with Crippen LogP contribution in [0, 0.1) is 20.8 Å². The van der Waals surface area contributed by atoms with E-state index in [4.69, 9.17) is 4.98 Å². The summed E-state index contributed by atoms with van der Waals surface area (Å²) in [6.07, 6.45) is 4.96. The van der Waals surface area contributed by atoms with Crippen molar-refractivity contribution in [3.05, 3.63) is 81.0 Å². The van der Waals surface area contributed by atoms with Gasteiger partial charge in [-0.15, -0.1) is 0 Å². The maximum absolute atomic E-state index is 13.8. The smallest absolute Gasteiger partial charge is 0.253 e. The molecule has 0 saturated carbocycles. The molecule has 1 aliphatic rings. The third-order valence-electron chi connectivity index (χ3n) is 8.95. The first-order valence-corrected chi connectivity index (χ1v) is 16.3. The maximum Gasteiger partial charge on any atom is 0.253 e. The number of amides is 2. The highest BCUT2D eigenvalue weighted by Gasteiger charge is 2.22. The van der Waals surface area contributed by atoms with Crippen LogP contribution in [-0.2, 0) is 11.3 Å². The van der Waals surface area contributed by atoms with E-state index in [1.807, 2.05) is 59.0 Å². The van der Waals surface area contributed by atoms with Gasteiger partial charge in [-0.1, -0.05) is 6.92 Å². The summed E-state index contributed by atoms with van der Waals surface area (Å²) in [5.74, 6) is 0.733. The molecule has 1 saturated heterocycles. The summed E-state index contributed by atoms with van der Waals surface area (Å²) in [6, 6.07) is 10.5. The standard InChI is InChI=1S/C36H47N7O3/c1-8-26(7)43-20-24(5)34-29(35(45)38-19-30-23(4)15-25(6)40-36(30)46)16-28(17-31(34)43)27-9-10-32(37-18-27)42-13-11-41(12-14-42)21-33(44)39-22(2)3/h9-10,15-18,20,22,26H,8,11-14,19,21H2,1-7H3,(H,38,45)(H,39,44)(H,40,46)/t26-/m0/s1. The van der Waals surface area contributed by atoms with Gasteiger partial charge in [0.15, 0.2) is 0 Å². The van der Waals surface area contributed by atoms with Gasteiger partial charge in [0.25, 0.3) is 11.5 Å². The normalized spacial score (nSPS) is 14.6. The van der Waals surface area contributed by atoms with E-state index in [1.54, 1.807) is 0 Å². The van der Waals surface area contributed by atoms with Gasteiger partial charge in [0.05, 0.1) is 6.54 Å². The Morgan fingerprint density at radius 2 is 1.72 bits per heavy atom. The zero-order chi connectivity index (χ0) is 33.1. The van der Waals surface area contributed by atoms with Crippen LogP contribution in [0.4, 0.5) is 5.82 Å². The molecule has 0 radical (unpaired) electrons. The van der Waals surface area contributed by atoms with E-state index < -0.39 is 0 Å². The molecule has 1 aliphatic heterocycles. The molecule has 5 rings (SSSR count). The number of nitrogens with one attached hydrogen (secondary N) is 3. The molecule has 10 heteroatoms. The lowest BCUT2D eigenvalue weighted by Crippen LogP contribution is -2.50. The molecule has 4 aromatic rings. The summed E-state index contributed by atoms with van der Waals surface area (Å²) in [5.41, 5.74) is 6.46. The topological polar surface area (TPSA) is 115 Å². The van der Waals surface area contributed by atoms with Crippen molar-refractivity contribution in [2.24, 2.45) is 0 Å². The average Bonchev–Trinajstić information content (AvgIpc) is 3.35. The number of aromatic nitrogens is 3. The second kappa shape index (κ2) is 13.9. The SMILES string of the molecule is CC[C@H](C)n1cc(C)c2c(C(=O)NCc3c(C)cc(C)[nH]c3=O)cc(-c3ccc(N4CCN(CC(=O)NC(C)C)CC4)nc3)cc21. The minimum atomic E-state index is -0.222. The average molecular weight is 626 g/mol. The molecule has 10 nitrogen and oxygen atoms in total. The minimum Gasteiger partial charge on any atom is -0.354 e.